The van der Waals surface area contributed by atoms with Crippen LogP contribution in [0.25, 0.3) is 0 Å². The summed E-state index contributed by atoms with van der Waals surface area (Å²) in [5, 5.41) is 21.0. The molecule has 0 radical (unpaired) electrons. The fourth-order valence-corrected chi connectivity index (χ4v) is 3.45. The number of carbonyl (C=O) groups excluding carboxylic acids is 2. The van der Waals surface area contributed by atoms with Crippen molar-refractivity contribution < 1.29 is 64.5 Å². The summed E-state index contributed by atoms with van der Waals surface area (Å²) in [6, 6.07) is 3.07. The van der Waals surface area contributed by atoms with Crippen LogP contribution < -0.4 is 8.92 Å². The fourth-order valence-electron chi connectivity index (χ4n) is 2.99. The Morgan fingerprint density at radius 2 is 1.73 bits per heavy atom. The predicted molar refractivity (Wildman–Crippen MR) is 100 cm³/mol. The molecule has 1 aliphatic rings. The van der Waals surface area contributed by atoms with Crippen LogP contribution in [-0.4, -0.2) is 74.2 Å². The molecule has 1 fully saturated rings. The molecule has 1 saturated heterocycles. The van der Waals surface area contributed by atoms with Gasteiger partial charge in [-0.1, -0.05) is 6.07 Å². The molecule has 2 N–H and O–H groups in total. The second-order valence-corrected chi connectivity index (χ2v) is 8.38. The van der Waals surface area contributed by atoms with E-state index in [0.29, 0.717) is 0 Å². The van der Waals surface area contributed by atoms with Crippen LogP contribution in [-0.2, 0) is 33.9 Å². The summed E-state index contributed by atoms with van der Waals surface area (Å²) < 4.78 is 85.4. The zero-order valence-electron chi connectivity index (χ0n) is 17.4. The number of aliphatic hydroxyl groups is 2. The first-order valence-electron chi connectivity index (χ1n) is 9.18. The van der Waals surface area contributed by atoms with Crippen LogP contribution in [0.2, 0.25) is 0 Å². The quantitative estimate of drug-likeness (QED) is 0.306. The molecule has 1 aromatic rings. The Kier molecular flexibility index (Phi) is 8.16. The number of hydrogen-bond acceptors (Lipinski definition) is 11. The van der Waals surface area contributed by atoms with Crippen molar-refractivity contribution in [3.8, 4) is 11.5 Å². The standard InChI is InChI=1S/C18H21F3O11S/c1-8(22)29-7-13-17(30-9(2)23)15(25)14(24)16(31-13)10-4-5-11(28-3)12(6-10)32-33(26,27)18(19,20)21/h4-6,13-17,24-25H,7H2,1-3H3/t13-,14+,15-,16-,17+/m1/s1. The van der Waals surface area contributed by atoms with E-state index in [1.54, 1.807) is 0 Å². The monoisotopic (exact) mass is 502 g/mol. The molecule has 0 bridgehead atoms. The van der Waals surface area contributed by atoms with Gasteiger partial charge in [-0.2, -0.15) is 21.6 Å². The zero-order chi connectivity index (χ0) is 25.1. The molecule has 1 aromatic carbocycles. The maximum atomic E-state index is 12.7. The van der Waals surface area contributed by atoms with E-state index in [1.807, 2.05) is 0 Å². The van der Waals surface area contributed by atoms with Crippen molar-refractivity contribution >= 4 is 22.1 Å². The minimum atomic E-state index is -6.05. The van der Waals surface area contributed by atoms with Crippen molar-refractivity contribution in [2.45, 2.75) is 49.9 Å². The largest absolute Gasteiger partial charge is 0.534 e. The van der Waals surface area contributed by atoms with E-state index in [9.17, 15) is 41.4 Å². The lowest BCUT2D eigenvalue weighted by Gasteiger charge is -2.42. The highest BCUT2D eigenvalue weighted by Gasteiger charge is 2.50. The number of hydrogen-bond donors (Lipinski definition) is 2. The molecule has 11 nitrogen and oxygen atoms in total. The van der Waals surface area contributed by atoms with E-state index in [1.165, 1.54) is 6.07 Å². The SMILES string of the molecule is COc1ccc([C@H]2O[C@H](COC(C)=O)[C@H](OC(C)=O)[C@H](O)[C@@H]2O)cc1OS(=O)(=O)C(F)(F)F. The van der Waals surface area contributed by atoms with Gasteiger partial charge in [0.25, 0.3) is 0 Å². The Morgan fingerprint density at radius 3 is 2.24 bits per heavy atom. The highest BCUT2D eigenvalue weighted by Crippen LogP contribution is 2.39. The minimum absolute atomic E-state index is 0.121. The van der Waals surface area contributed by atoms with Crippen molar-refractivity contribution in [1.29, 1.82) is 0 Å². The van der Waals surface area contributed by atoms with Crippen LogP contribution in [0.3, 0.4) is 0 Å². The molecule has 0 spiro atoms. The highest BCUT2D eigenvalue weighted by atomic mass is 32.2. The lowest BCUT2D eigenvalue weighted by Crippen LogP contribution is -2.57. The highest BCUT2D eigenvalue weighted by molar-refractivity contribution is 7.88. The number of esters is 2. The van der Waals surface area contributed by atoms with Crippen LogP contribution in [0.15, 0.2) is 18.2 Å². The molecule has 1 heterocycles. The van der Waals surface area contributed by atoms with Crippen molar-refractivity contribution in [3.05, 3.63) is 23.8 Å². The Balaban J connectivity index is 2.43. The first-order chi connectivity index (χ1) is 15.2. The molecule has 1 aliphatic heterocycles. The second kappa shape index (κ2) is 10.1. The number of benzene rings is 1. The van der Waals surface area contributed by atoms with Gasteiger partial charge in [0.1, 0.15) is 31.0 Å². The van der Waals surface area contributed by atoms with Gasteiger partial charge in [0, 0.05) is 13.8 Å². The van der Waals surface area contributed by atoms with Crippen molar-refractivity contribution in [2.75, 3.05) is 13.7 Å². The normalized spacial score (nSPS) is 25.8. The van der Waals surface area contributed by atoms with E-state index < -0.39 is 70.4 Å². The lowest BCUT2D eigenvalue weighted by molar-refractivity contribution is -0.242. The zero-order valence-corrected chi connectivity index (χ0v) is 18.3. The van der Waals surface area contributed by atoms with E-state index in [0.717, 1.165) is 33.1 Å². The van der Waals surface area contributed by atoms with Gasteiger partial charge in [-0.15, -0.1) is 0 Å². The predicted octanol–water partition coefficient (Wildman–Crippen LogP) is 0.580. The van der Waals surface area contributed by atoms with Gasteiger partial charge in [0.05, 0.1) is 7.11 Å². The van der Waals surface area contributed by atoms with Crippen molar-refractivity contribution in [3.63, 3.8) is 0 Å². The van der Waals surface area contributed by atoms with Gasteiger partial charge >= 0.3 is 27.6 Å². The summed E-state index contributed by atoms with van der Waals surface area (Å²) in [7, 11) is -5.00. The van der Waals surface area contributed by atoms with Gasteiger partial charge in [-0.25, -0.2) is 0 Å². The molecule has 186 valence electrons. The molecule has 15 heteroatoms. The van der Waals surface area contributed by atoms with Gasteiger partial charge in [-0.3, -0.25) is 9.59 Å². The third kappa shape index (κ3) is 6.25. The summed E-state index contributed by atoms with van der Waals surface area (Å²) in [4.78, 5) is 22.5. The number of aliphatic hydroxyl groups excluding tert-OH is 2. The lowest BCUT2D eigenvalue weighted by atomic mass is 9.91. The third-order valence-electron chi connectivity index (χ3n) is 4.44. The van der Waals surface area contributed by atoms with Crippen molar-refractivity contribution in [2.24, 2.45) is 0 Å². The van der Waals surface area contributed by atoms with Crippen LogP contribution in [0.4, 0.5) is 13.2 Å². The molecule has 0 unspecified atom stereocenters. The minimum Gasteiger partial charge on any atom is -0.493 e. The number of ether oxygens (including phenoxy) is 4. The Bertz CT molecular complexity index is 979. The Hall–Kier alpha value is -2.62. The van der Waals surface area contributed by atoms with Crippen LogP contribution >= 0.6 is 0 Å². The van der Waals surface area contributed by atoms with E-state index >= 15 is 0 Å². The Labute approximate surface area is 186 Å². The van der Waals surface area contributed by atoms with Crippen LogP contribution in [0.1, 0.15) is 25.5 Å². The van der Waals surface area contributed by atoms with Crippen molar-refractivity contribution in [1.82, 2.24) is 0 Å². The van der Waals surface area contributed by atoms with Crippen LogP contribution in [0.5, 0.6) is 11.5 Å². The average molecular weight is 502 g/mol. The number of methoxy groups -OCH3 is 1. The molecule has 5 atom stereocenters. The number of rotatable bonds is 7. The summed E-state index contributed by atoms with van der Waals surface area (Å²) in [5.74, 6) is -2.81. The molecule has 0 amide bonds. The molecule has 0 aliphatic carbocycles. The van der Waals surface area contributed by atoms with Gasteiger partial charge < -0.3 is 33.3 Å². The number of carbonyl (C=O) groups is 2. The number of alkyl halides is 3. The van der Waals surface area contributed by atoms with Gasteiger partial charge in [0.15, 0.2) is 17.6 Å². The maximum absolute atomic E-state index is 12.7. The summed E-state index contributed by atoms with van der Waals surface area (Å²) >= 11 is 0. The molecule has 2 rings (SSSR count). The maximum Gasteiger partial charge on any atom is 0.534 e. The molecular weight excluding hydrogens is 481 g/mol. The molecule has 0 aromatic heterocycles. The van der Waals surface area contributed by atoms with Gasteiger partial charge in [-0.05, 0) is 17.7 Å². The second-order valence-electron chi connectivity index (χ2n) is 6.85. The van der Waals surface area contributed by atoms with Crippen LogP contribution in [0, 0.1) is 0 Å². The smallest absolute Gasteiger partial charge is 0.493 e. The first-order valence-corrected chi connectivity index (χ1v) is 10.6. The van der Waals surface area contributed by atoms with E-state index in [-0.39, 0.29) is 11.3 Å². The number of halogens is 3. The molecule has 33 heavy (non-hydrogen) atoms. The average Bonchev–Trinajstić information content (AvgIpc) is 2.69. The fraction of sp³-hybridized carbons (Fsp3) is 0.556. The molecule has 0 saturated carbocycles. The summed E-state index contributed by atoms with van der Waals surface area (Å²) in [6.45, 7) is 1.61. The summed E-state index contributed by atoms with van der Waals surface area (Å²) in [5.41, 5.74) is -5.85. The van der Waals surface area contributed by atoms with E-state index in [4.69, 9.17) is 18.9 Å². The van der Waals surface area contributed by atoms with Gasteiger partial charge in [0.2, 0.25) is 0 Å². The summed E-state index contributed by atoms with van der Waals surface area (Å²) in [6.07, 6.45) is -7.77. The molecular formula is C18H21F3O11S. The topological polar surface area (TPSA) is 155 Å². The van der Waals surface area contributed by atoms with E-state index in [2.05, 4.69) is 4.18 Å². The first kappa shape index (κ1) is 26.6. The Morgan fingerprint density at radius 1 is 1.09 bits per heavy atom. The third-order valence-corrected chi connectivity index (χ3v) is 5.40.